The quantitative estimate of drug-likeness (QED) is 0.753. The van der Waals surface area contributed by atoms with Gasteiger partial charge in [-0.25, -0.2) is 0 Å². The second kappa shape index (κ2) is 6.14. The monoisotopic (exact) mass is 283 g/mol. The zero-order valence-corrected chi connectivity index (χ0v) is 12.5. The first-order chi connectivity index (χ1) is 10.3. The SMILES string of the molecule is CCCNC(Cc1ccn(C)n1)c1cc2ccccc2o1. The summed E-state index contributed by atoms with van der Waals surface area (Å²) in [4.78, 5) is 0. The highest BCUT2D eigenvalue weighted by Crippen LogP contribution is 2.25. The Morgan fingerprint density at radius 3 is 2.86 bits per heavy atom. The molecule has 0 saturated heterocycles. The fourth-order valence-corrected chi connectivity index (χ4v) is 2.55. The molecule has 110 valence electrons. The van der Waals surface area contributed by atoms with E-state index >= 15 is 0 Å². The maximum absolute atomic E-state index is 6.01. The number of aryl methyl sites for hydroxylation is 1. The molecule has 1 N–H and O–H groups in total. The van der Waals surface area contributed by atoms with E-state index in [2.05, 4.69) is 35.5 Å². The zero-order chi connectivity index (χ0) is 14.7. The van der Waals surface area contributed by atoms with Crippen molar-refractivity contribution in [2.75, 3.05) is 6.54 Å². The van der Waals surface area contributed by atoms with E-state index in [0.29, 0.717) is 0 Å². The summed E-state index contributed by atoms with van der Waals surface area (Å²) in [5.41, 5.74) is 2.02. The smallest absolute Gasteiger partial charge is 0.134 e. The number of benzene rings is 1. The van der Waals surface area contributed by atoms with Crippen LogP contribution in [-0.2, 0) is 13.5 Å². The fourth-order valence-electron chi connectivity index (χ4n) is 2.55. The number of nitrogens with one attached hydrogen (secondary N) is 1. The Balaban J connectivity index is 1.86. The van der Waals surface area contributed by atoms with Crippen molar-refractivity contribution < 1.29 is 4.42 Å². The molecule has 3 rings (SSSR count). The minimum atomic E-state index is 0.159. The Morgan fingerprint density at radius 1 is 1.29 bits per heavy atom. The van der Waals surface area contributed by atoms with Crippen LogP contribution >= 0.6 is 0 Å². The molecule has 2 aromatic heterocycles. The molecular formula is C17H21N3O. The summed E-state index contributed by atoms with van der Waals surface area (Å²) in [7, 11) is 1.94. The van der Waals surface area contributed by atoms with Crippen LogP contribution in [0.2, 0.25) is 0 Å². The minimum Gasteiger partial charge on any atom is -0.459 e. The maximum Gasteiger partial charge on any atom is 0.134 e. The van der Waals surface area contributed by atoms with Gasteiger partial charge in [0.25, 0.3) is 0 Å². The highest BCUT2D eigenvalue weighted by Gasteiger charge is 2.17. The molecule has 1 unspecified atom stereocenters. The predicted octanol–water partition coefficient (Wildman–Crippen LogP) is 3.45. The molecule has 0 aliphatic heterocycles. The van der Waals surface area contributed by atoms with E-state index in [1.807, 2.05) is 36.1 Å². The van der Waals surface area contributed by atoms with Gasteiger partial charge in [-0.2, -0.15) is 5.10 Å². The Morgan fingerprint density at radius 2 is 2.14 bits per heavy atom. The van der Waals surface area contributed by atoms with Crippen LogP contribution in [0.1, 0.15) is 30.8 Å². The summed E-state index contributed by atoms with van der Waals surface area (Å²) < 4.78 is 7.85. The maximum atomic E-state index is 6.01. The Bertz CT molecular complexity index is 680. The molecule has 0 fully saturated rings. The van der Waals surface area contributed by atoms with E-state index in [4.69, 9.17) is 4.42 Å². The molecule has 0 spiro atoms. The van der Waals surface area contributed by atoms with E-state index in [1.54, 1.807) is 0 Å². The third-order valence-corrected chi connectivity index (χ3v) is 3.61. The molecule has 0 bridgehead atoms. The van der Waals surface area contributed by atoms with Gasteiger partial charge in [-0.15, -0.1) is 0 Å². The molecule has 4 nitrogen and oxygen atoms in total. The number of furan rings is 1. The van der Waals surface area contributed by atoms with Crippen molar-refractivity contribution in [3.63, 3.8) is 0 Å². The lowest BCUT2D eigenvalue weighted by molar-refractivity contribution is 0.424. The minimum absolute atomic E-state index is 0.159. The molecule has 4 heteroatoms. The van der Waals surface area contributed by atoms with Gasteiger partial charge in [0.05, 0.1) is 11.7 Å². The first-order valence-electron chi connectivity index (χ1n) is 7.46. The van der Waals surface area contributed by atoms with Crippen LogP contribution in [0, 0.1) is 0 Å². The van der Waals surface area contributed by atoms with Crippen molar-refractivity contribution >= 4 is 11.0 Å². The molecule has 0 saturated carbocycles. The third kappa shape index (κ3) is 3.16. The average Bonchev–Trinajstić information content (AvgIpc) is 3.09. The van der Waals surface area contributed by atoms with Crippen molar-refractivity contribution in [3.05, 3.63) is 54.0 Å². The summed E-state index contributed by atoms with van der Waals surface area (Å²) in [5, 5.41) is 9.18. The Hall–Kier alpha value is -2.07. The van der Waals surface area contributed by atoms with Crippen LogP contribution in [0.5, 0.6) is 0 Å². The molecule has 21 heavy (non-hydrogen) atoms. The van der Waals surface area contributed by atoms with Gasteiger partial charge in [-0.05, 0) is 31.2 Å². The van der Waals surface area contributed by atoms with Crippen molar-refractivity contribution in [1.82, 2.24) is 15.1 Å². The number of fused-ring (bicyclic) bond motifs is 1. The molecular weight excluding hydrogens is 262 g/mol. The van der Waals surface area contributed by atoms with Crippen LogP contribution < -0.4 is 5.32 Å². The predicted molar refractivity (Wildman–Crippen MR) is 84.2 cm³/mol. The van der Waals surface area contributed by atoms with Crippen LogP contribution in [-0.4, -0.2) is 16.3 Å². The Kier molecular flexibility index (Phi) is 4.06. The van der Waals surface area contributed by atoms with Crippen LogP contribution in [0.4, 0.5) is 0 Å². The lowest BCUT2D eigenvalue weighted by Crippen LogP contribution is -2.23. The summed E-state index contributed by atoms with van der Waals surface area (Å²) in [5.74, 6) is 0.982. The van der Waals surface area contributed by atoms with Gasteiger partial charge in [-0.3, -0.25) is 4.68 Å². The van der Waals surface area contributed by atoms with Gasteiger partial charge in [0.2, 0.25) is 0 Å². The molecule has 2 heterocycles. The number of aromatic nitrogens is 2. The van der Waals surface area contributed by atoms with E-state index in [-0.39, 0.29) is 6.04 Å². The highest BCUT2D eigenvalue weighted by atomic mass is 16.3. The van der Waals surface area contributed by atoms with Gasteiger partial charge in [0.15, 0.2) is 0 Å². The molecule has 1 aromatic carbocycles. The number of rotatable bonds is 6. The lowest BCUT2D eigenvalue weighted by Gasteiger charge is -2.14. The van der Waals surface area contributed by atoms with Gasteiger partial charge in [0, 0.05) is 25.1 Å². The molecule has 0 amide bonds. The number of hydrogen-bond donors (Lipinski definition) is 1. The molecule has 0 radical (unpaired) electrons. The second-order valence-electron chi connectivity index (χ2n) is 5.38. The van der Waals surface area contributed by atoms with Gasteiger partial charge in [-0.1, -0.05) is 25.1 Å². The summed E-state index contributed by atoms with van der Waals surface area (Å²) in [6.07, 6.45) is 3.91. The number of hydrogen-bond acceptors (Lipinski definition) is 3. The topological polar surface area (TPSA) is 43.0 Å². The number of para-hydroxylation sites is 1. The second-order valence-corrected chi connectivity index (χ2v) is 5.38. The normalized spacial score (nSPS) is 12.9. The van der Waals surface area contributed by atoms with Crippen LogP contribution in [0.3, 0.4) is 0 Å². The first kappa shape index (κ1) is 13.9. The summed E-state index contributed by atoms with van der Waals surface area (Å²) in [6, 6.07) is 12.5. The van der Waals surface area contributed by atoms with E-state index in [1.165, 1.54) is 0 Å². The van der Waals surface area contributed by atoms with Crippen molar-refractivity contribution in [2.24, 2.45) is 7.05 Å². The Labute approximate surface area is 124 Å². The van der Waals surface area contributed by atoms with Gasteiger partial charge >= 0.3 is 0 Å². The van der Waals surface area contributed by atoms with Gasteiger partial charge in [0.1, 0.15) is 11.3 Å². The molecule has 0 aliphatic carbocycles. The fraction of sp³-hybridized carbons (Fsp3) is 0.353. The highest BCUT2D eigenvalue weighted by molar-refractivity contribution is 5.77. The van der Waals surface area contributed by atoms with Crippen molar-refractivity contribution in [2.45, 2.75) is 25.8 Å². The summed E-state index contributed by atoms with van der Waals surface area (Å²) >= 11 is 0. The molecule has 0 aliphatic rings. The van der Waals surface area contributed by atoms with Crippen molar-refractivity contribution in [1.29, 1.82) is 0 Å². The lowest BCUT2D eigenvalue weighted by atomic mass is 10.1. The van der Waals surface area contributed by atoms with Crippen LogP contribution in [0.15, 0.2) is 47.0 Å². The van der Waals surface area contributed by atoms with Gasteiger partial charge < -0.3 is 9.73 Å². The first-order valence-corrected chi connectivity index (χ1v) is 7.46. The average molecular weight is 283 g/mol. The van der Waals surface area contributed by atoms with Crippen molar-refractivity contribution in [3.8, 4) is 0 Å². The van der Waals surface area contributed by atoms with E-state index in [9.17, 15) is 0 Å². The van der Waals surface area contributed by atoms with Crippen LogP contribution in [0.25, 0.3) is 11.0 Å². The molecule has 3 aromatic rings. The summed E-state index contributed by atoms with van der Waals surface area (Å²) in [6.45, 7) is 3.14. The standard InChI is InChI=1S/C17H21N3O/c1-3-9-18-15(12-14-8-10-20(2)19-14)17-11-13-6-4-5-7-16(13)21-17/h4-8,10-11,15,18H,3,9,12H2,1-2H3. The zero-order valence-electron chi connectivity index (χ0n) is 12.5. The third-order valence-electron chi connectivity index (χ3n) is 3.61. The number of nitrogens with zero attached hydrogens (tertiary/aromatic N) is 2. The van der Waals surface area contributed by atoms with E-state index in [0.717, 1.165) is 41.8 Å². The van der Waals surface area contributed by atoms with E-state index < -0.39 is 0 Å². The molecule has 1 atom stereocenters. The largest absolute Gasteiger partial charge is 0.459 e.